The molecule has 2 amide bonds. The monoisotopic (exact) mass is 432 g/mol. The number of rotatable bonds is 5. The van der Waals surface area contributed by atoms with E-state index in [0.717, 1.165) is 11.1 Å². The number of nitrogens with zero attached hydrogens (tertiary/aromatic N) is 2. The number of benzene rings is 1. The molecule has 1 aliphatic rings. The quantitative estimate of drug-likeness (QED) is 0.717. The first-order valence-electron chi connectivity index (χ1n) is 9.20. The van der Waals surface area contributed by atoms with Crippen LogP contribution in [0, 0.1) is 5.92 Å². The highest BCUT2D eigenvalue weighted by atomic mass is 79.9. The van der Waals surface area contributed by atoms with Crippen LogP contribution in [0.1, 0.15) is 37.2 Å². The summed E-state index contributed by atoms with van der Waals surface area (Å²) in [5.74, 6) is 0.929. The lowest BCUT2D eigenvalue weighted by molar-refractivity contribution is -0.147. The van der Waals surface area contributed by atoms with Crippen molar-refractivity contribution >= 4 is 27.7 Å². The van der Waals surface area contributed by atoms with Crippen molar-refractivity contribution in [3.05, 3.63) is 58.0 Å². The molecule has 3 rings (SSSR count). The second-order valence-electron chi connectivity index (χ2n) is 7.51. The van der Waals surface area contributed by atoms with Gasteiger partial charge >= 0.3 is 0 Å². The minimum absolute atomic E-state index is 0.0343. The molecule has 1 aromatic heterocycles. The van der Waals surface area contributed by atoms with Crippen LogP contribution in [-0.4, -0.2) is 34.7 Å². The molecule has 144 valence electrons. The van der Waals surface area contributed by atoms with E-state index in [2.05, 4.69) is 15.9 Å². The van der Waals surface area contributed by atoms with Crippen LogP contribution in [0.3, 0.4) is 0 Å². The molecule has 0 radical (unpaired) electrons. The molecule has 0 aliphatic carbocycles. The average molecular weight is 433 g/mol. The van der Waals surface area contributed by atoms with Gasteiger partial charge in [-0.1, -0.05) is 38.1 Å². The standard InChI is InChI=1S/C21H25BrN2O3/c1-14(2)10-20(25)24-12-16-7-5-4-6-15(16)11-18(24)21(26)23(3)13-17-8-9-19(22)27-17/h4-9,14,18H,10-13H2,1-3H3. The molecule has 6 heteroatoms. The van der Waals surface area contributed by atoms with Gasteiger partial charge in [0, 0.05) is 26.4 Å². The Morgan fingerprint density at radius 2 is 1.93 bits per heavy atom. The highest BCUT2D eigenvalue weighted by Crippen LogP contribution is 2.26. The molecular formula is C21H25BrN2O3. The predicted octanol–water partition coefficient (Wildman–Crippen LogP) is 4.00. The fraction of sp³-hybridized carbons (Fsp3) is 0.429. The van der Waals surface area contributed by atoms with Crippen LogP contribution >= 0.6 is 15.9 Å². The lowest BCUT2D eigenvalue weighted by Crippen LogP contribution is -2.52. The lowest BCUT2D eigenvalue weighted by atomic mass is 9.92. The highest BCUT2D eigenvalue weighted by molar-refractivity contribution is 9.10. The molecular weight excluding hydrogens is 408 g/mol. The molecule has 27 heavy (non-hydrogen) atoms. The summed E-state index contributed by atoms with van der Waals surface area (Å²) in [6.45, 7) is 4.90. The van der Waals surface area contributed by atoms with Crippen molar-refractivity contribution in [2.45, 2.75) is 45.8 Å². The largest absolute Gasteiger partial charge is 0.452 e. The number of carbonyl (C=O) groups excluding carboxylic acids is 2. The van der Waals surface area contributed by atoms with Gasteiger partial charge in [-0.15, -0.1) is 0 Å². The van der Waals surface area contributed by atoms with E-state index in [1.165, 1.54) is 0 Å². The van der Waals surface area contributed by atoms with E-state index in [1.807, 2.05) is 50.2 Å². The van der Waals surface area contributed by atoms with Crippen molar-refractivity contribution < 1.29 is 14.0 Å². The molecule has 0 spiro atoms. The van der Waals surface area contributed by atoms with E-state index in [9.17, 15) is 9.59 Å². The second kappa shape index (κ2) is 8.30. The third-order valence-corrected chi connectivity index (χ3v) is 5.26. The second-order valence-corrected chi connectivity index (χ2v) is 8.29. The Balaban J connectivity index is 1.82. The van der Waals surface area contributed by atoms with Crippen molar-refractivity contribution in [2.24, 2.45) is 5.92 Å². The number of halogens is 1. The first-order chi connectivity index (χ1) is 12.8. The molecule has 0 fully saturated rings. The summed E-state index contributed by atoms with van der Waals surface area (Å²) >= 11 is 3.28. The zero-order valence-electron chi connectivity index (χ0n) is 15.9. The average Bonchev–Trinajstić information content (AvgIpc) is 3.04. The first-order valence-corrected chi connectivity index (χ1v) is 10.00. The predicted molar refractivity (Wildman–Crippen MR) is 107 cm³/mol. The van der Waals surface area contributed by atoms with Gasteiger partial charge in [0.15, 0.2) is 4.67 Å². The Hall–Kier alpha value is -2.08. The van der Waals surface area contributed by atoms with Gasteiger partial charge < -0.3 is 14.2 Å². The van der Waals surface area contributed by atoms with Crippen LogP contribution in [0.25, 0.3) is 0 Å². The van der Waals surface area contributed by atoms with Gasteiger partial charge in [0.25, 0.3) is 0 Å². The number of carbonyl (C=O) groups is 2. The normalized spacial score (nSPS) is 16.3. The topological polar surface area (TPSA) is 53.8 Å². The summed E-state index contributed by atoms with van der Waals surface area (Å²) in [7, 11) is 1.75. The molecule has 5 nitrogen and oxygen atoms in total. The van der Waals surface area contributed by atoms with Crippen molar-refractivity contribution in [2.75, 3.05) is 7.05 Å². The van der Waals surface area contributed by atoms with Crippen molar-refractivity contribution in [3.8, 4) is 0 Å². The fourth-order valence-corrected chi connectivity index (χ4v) is 3.82. The summed E-state index contributed by atoms with van der Waals surface area (Å²) < 4.78 is 6.15. The third kappa shape index (κ3) is 4.61. The maximum absolute atomic E-state index is 13.2. The van der Waals surface area contributed by atoms with E-state index >= 15 is 0 Å². The third-order valence-electron chi connectivity index (χ3n) is 4.83. The Labute approximate surface area is 168 Å². The smallest absolute Gasteiger partial charge is 0.245 e. The van der Waals surface area contributed by atoms with Crippen molar-refractivity contribution in [1.82, 2.24) is 9.80 Å². The number of likely N-dealkylation sites (N-methyl/N-ethyl adjacent to an activating group) is 1. The van der Waals surface area contributed by atoms with Crippen LogP contribution in [0.5, 0.6) is 0 Å². The van der Waals surface area contributed by atoms with E-state index in [4.69, 9.17) is 4.42 Å². The van der Waals surface area contributed by atoms with E-state index < -0.39 is 6.04 Å². The maximum atomic E-state index is 13.2. The molecule has 1 atom stereocenters. The molecule has 0 saturated heterocycles. The highest BCUT2D eigenvalue weighted by Gasteiger charge is 2.36. The van der Waals surface area contributed by atoms with Gasteiger partial charge in [-0.2, -0.15) is 0 Å². The Kier molecular flexibility index (Phi) is 6.05. The van der Waals surface area contributed by atoms with E-state index in [-0.39, 0.29) is 17.7 Å². The summed E-state index contributed by atoms with van der Waals surface area (Å²) in [5.41, 5.74) is 2.26. The van der Waals surface area contributed by atoms with Crippen LogP contribution in [0.2, 0.25) is 0 Å². The van der Waals surface area contributed by atoms with E-state index in [0.29, 0.717) is 36.4 Å². The van der Waals surface area contributed by atoms with Gasteiger partial charge in [-0.25, -0.2) is 0 Å². The zero-order valence-corrected chi connectivity index (χ0v) is 17.5. The number of furan rings is 1. The molecule has 0 saturated carbocycles. The summed E-state index contributed by atoms with van der Waals surface area (Å²) in [5, 5.41) is 0. The molecule has 0 bridgehead atoms. The van der Waals surface area contributed by atoms with E-state index in [1.54, 1.807) is 16.8 Å². The number of hydrogen-bond donors (Lipinski definition) is 0. The molecule has 2 aromatic rings. The van der Waals surface area contributed by atoms with Gasteiger partial charge in [-0.3, -0.25) is 9.59 Å². The number of fused-ring (bicyclic) bond motifs is 1. The van der Waals surface area contributed by atoms with Gasteiger partial charge in [0.2, 0.25) is 11.8 Å². The van der Waals surface area contributed by atoms with Crippen molar-refractivity contribution in [1.29, 1.82) is 0 Å². The minimum atomic E-state index is -0.477. The molecule has 2 heterocycles. The number of hydrogen-bond acceptors (Lipinski definition) is 3. The van der Waals surface area contributed by atoms with Gasteiger partial charge in [-0.05, 0) is 45.1 Å². The molecule has 1 aromatic carbocycles. The Bertz CT molecular complexity index is 830. The zero-order chi connectivity index (χ0) is 19.6. The molecule has 0 N–H and O–H groups in total. The van der Waals surface area contributed by atoms with Gasteiger partial charge in [0.1, 0.15) is 11.8 Å². The summed E-state index contributed by atoms with van der Waals surface area (Å²) in [4.78, 5) is 29.4. The Morgan fingerprint density at radius 1 is 1.22 bits per heavy atom. The summed E-state index contributed by atoms with van der Waals surface area (Å²) in [6.07, 6.45) is 0.992. The van der Waals surface area contributed by atoms with Gasteiger partial charge in [0.05, 0.1) is 6.54 Å². The van der Waals surface area contributed by atoms with Crippen LogP contribution < -0.4 is 0 Å². The number of amides is 2. The molecule has 1 unspecified atom stereocenters. The lowest BCUT2D eigenvalue weighted by Gasteiger charge is -2.38. The van der Waals surface area contributed by atoms with Crippen LogP contribution in [-0.2, 0) is 29.1 Å². The summed E-state index contributed by atoms with van der Waals surface area (Å²) in [6, 6.07) is 11.2. The molecule has 1 aliphatic heterocycles. The van der Waals surface area contributed by atoms with Crippen LogP contribution in [0.15, 0.2) is 45.5 Å². The SMILES string of the molecule is CC(C)CC(=O)N1Cc2ccccc2CC1C(=O)N(C)Cc1ccc(Br)o1. The Morgan fingerprint density at radius 3 is 2.56 bits per heavy atom. The first kappa shape index (κ1) is 19.7. The van der Waals surface area contributed by atoms with Crippen molar-refractivity contribution in [3.63, 3.8) is 0 Å². The fourth-order valence-electron chi connectivity index (χ4n) is 3.47. The van der Waals surface area contributed by atoms with Crippen LogP contribution in [0.4, 0.5) is 0 Å². The maximum Gasteiger partial charge on any atom is 0.245 e. The minimum Gasteiger partial charge on any atom is -0.452 e.